The average molecular weight is 554 g/mol. The predicted molar refractivity (Wildman–Crippen MR) is 132 cm³/mol. The largest absolute Gasteiger partial charge is 0.545 e. The zero-order valence-corrected chi connectivity index (χ0v) is 20.5. The molecule has 1 aromatic carbocycles. The summed E-state index contributed by atoms with van der Waals surface area (Å²) in [4.78, 5) is 46.0. The van der Waals surface area contributed by atoms with E-state index in [0.717, 1.165) is 10.0 Å². The summed E-state index contributed by atoms with van der Waals surface area (Å²) in [6, 6.07) is 13.0. The van der Waals surface area contributed by atoms with Crippen molar-refractivity contribution in [3.8, 4) is 0 Å². The number of nitrogens with zero attached hydrogens (tertiary/aromatic N) is 4. The highest BCUT2D eigenvalue weighted by atomic mass is 79.9. The molecule has 8 nitrogen and oxygen atoms in total. The molecule has 0 saturated carbocycles. The minimum Gasteiger partial charge on any atom is -0.545 e. The Morgan fingerprint density at radius 1 is 1.09 bits per heavy atom. The third kappa shape index (κ3) is 4.41. The molecule has 5 rings (SSSR count). The third-order valence-electron chi connectivity index (χ3n) is 5.09. The molecule has 0 saturated heterocycles. The van der Waals surface area contributed by atoms with Crippen LogP contribution in [0.2, 0.25) is 0 Å². The molecular formula is C23H14BrN4O4S2-. The molecule has 34 heavy (non-hydrogen) atoms. The fourth-order valence-electron chi connectivity index (χ4n) is 3.44. The zero-order valence-electron chi connectivity index (χ0n) is 17.3. The lowest BCUT2D eigenvalue weighted by Crippen LogP contribution is -2.24. The van der Waals surface area contributed by atoms with Gasteiger partial charge in [0.2, 0.25) is 0 Å². The second kappa shape index (κ2) is 9.16. The lowest BCUT2D eigenvalue weighted by Gasteiger charge is -2.13. The van der Waals surface area contributed by atoms with Crippen LogP contribution >= 0.6 is 39.0 Å². The molecule has 4 heterocycles. The van der Waals surface area contributed by atoms with Crippen molar-refractivity contribution >= 4 is 60.9 Å². The van der Waals surface area contributed by atoms with Gasteiger partial charge in [-0.05, 0) is 50.6 Å². The summed E-state index contributed by atoms with van der Waals surface area (Å²) in [6.07, 6.45) is 1.66. The summed E-state index contributed by atoms with van der Waals surface area (Å²) < 4.78 is 4.34. The van der Waals surface area contributed by atoms with Crippen LogP contribution in [0.15, 0.2) is 79.3 Å². The van der Waals surface area contributed by atoms with Crippen molar-refractivity contribution < 1.29 is 9.90 Å². The number of fused-ring (bicyclic) bond motifs is 2. The molecule has 11 heteroatoms. The number of rotatable bonds is 6. The lowest BCUT2D eigenvalue weighted by molar-refractivity contribution is -0.255. The van der Waals surface area contributed by atoms with Crippen molar-refractivity contribution in [1.29, 1.82) is 0 Å². The quantitative estimate of drug-likeness (QED) is 0.235. The highest BCUT2D eigenvalue weighted by Gasteiger charge is 2.14. The van der Waals surface area contributed by atoms with Crippen LogP contribution in [0.1, 0.15) is 21.6 Å². The van der Waals surface area contributed by atoms with E-state index in [-0.39, 0.29) is 23.2 Å². The Hall–Kier alpha value is -3.28. The minimum absolute atomic E-state index is 0.0678. The highest BCUT2D eigenvalue weighted by molar-refractivity contribution is 9.10. The van der Waals surface area contributed by atoms with E-state index in [0.29, 0.717) is 32.5 Å². The Kier molecular flexibility index (Phi) is 6.07. The summed E-state index contributed by atoms with van der Waals surface area (Å²) in [5.41, 5.74) is 2.14. The van der Waals surface area contributed by atoms with Crippen molar-refractivity contribution in [2.75, 3.05) is 0 Å². The number of carbonyl (C=O) groups is 1. The van der Waals surface area contributed by atoms with Gasteiger partial charge in [-0.2, -0.15) is 0 Å². The first-order chi connectivity index (χ1) is 16.4. The Balaban J connectivity index is 1.49. The van der Waals surface area contributed by atoms with Gasteiger partial charge < -0.3 is 9.90 Å². The number of hydrogen-bond acceptors (Lipinski definition) is 8. The predicted octanol–water partition coefficient (Wildman–Crippen LogP) is 2.93. The van der Waals surface area contributed by atoms with E-state index in [4.69, 9.17) is 0 Å². The van der Waals surface area contributed by atoms with E-state index in [1.54, 1.807) is 35.0 Å². The highest BCUT2D eigenvalue weighted by Crippen LogP contribution is 2.24. The van der Waals surface area contributed by atoms with Gasteiger partial charge in [0.05, 0.1) is 23.7 Å². The van der Waals surface area contributed by atoms with Crippen LogP contribution in [-0.4, -0.2) is 24.9 Å². The molecule has 4 aromatic heterocycles. The van der Waals surface area contributed by atoms with Crippen LogP contribution in [0.25, 0.3) is 15.9 Å². The summed E-state index contributed by atoms with van der Waals surface area (Å²) >= 11 is 5.99. The van der Waals surface area contributed by atoms with Gasteiger partial charge in [0.1, 0.15) is 10.3 Å². The fourth-order valence-corrected chi connectivity index (χ4v) is 5.45. The molecule has 0 atom stereocenters. The van der Waals surface area contributed by atoms with Gasteiger partial charge in [0.25, 0.3) is 11.1 Å². The molecule has 0 fully saturated rings. The molecule has 0 amide bonds. The molecule has 5 aromatic rings. The summed E-state index contributed by atoms with van der Waals surface area (Å²) in [6.45, 7) is 0.219. The summed E-state index contributed by atoms with van der Waals surface area (Å²) in [5.74, 6) is -0.916. The van der Waals surface area contributed by atoms with Crippen molar-refractivity contribution in [2.24, 2.45) is 0 Å². The summed E-state index contributed by atoms with van der Waals surface area (Å²) in [5, 5.41) is 13.3. The molecule has 0 spiro atoms. The van der Waals surface area contributed by atoms with Gasteiger partial charge in [-0.1, -0.05) is 36.0 Å². The van der Waals surface area contributed by atoms with Crippen molar-refractivity contribution in [3.63, 3.8) is 0 Å². The van der Waals surface area contributed by atoms with E-state index >= 15 is 0 Å². The SMILES string of the molecule is O=C([O-])c1ccc(Cn2c(SCc3cc(=O)n4cc(Br)ccc4n3)nc3ccsc3c2=O)cc1. The van der Waals surface area contributed by atoms with Crippen LogP contribution < -0.4 is 16.2 Å². The molecule has 0 aliphatic heterocycles. The maximum Gasteiger partial charge on any atom is 0.272 e. The van der Waals surface area contributed by atoms with E-state index in [9.17, 15) is 19.5 Å². The minimum atomic E-state index is -1.26. The van der Waals surface area contributed by atoms with Gasteiger partial charge in [0, 0.05) is 22.5 Å². The Morgan fingerprint density at radius 2 is 1.88 bits per heavy atom. The third-order valence-corrected chi connectivity index (χ3v) is 7.46. The molecule has 0 radical (unpaired) electrons. The number of halogens is 1. The second-order valence-electron chi connectivity index (χ2n) is 7.35. The second-order valence-corrected chi connectivity index (χ2v) is 10.1. The molecule has 0 aliphatic carbocycles. The number of thioether (sulfide) groups is 1. The number of benzene rings is 1. The van der Waals surface area contributed by atoms with Gasteiger partial charge in [-0.3, -0.25) is 18.6 Å². The van der Waals surface area contributed by atoms with E-state index in [1.807, 2.05) is 11.4 Å². The van der Waals surface area contributed by atoms with Gasteiger partial charge in [-0.15, -0.1) is 11.3 Å². The number of hydrogen-bond donors (Lipinski definition) is 0. The monoisotopic (exact) mass is 553 g/mol. The number of carboxylic acids is 1. The normalized spacial score (nSPS) is 11.3. The van der Waals surface area contributed by atoms with Gasteiger partial charge in [0.15, 0.2) is 5.16 Å². The first kappa shape index (κ1) is 22.5. The smallest absolute Gasteiger partial charge is 0.272 e. The zero-order chi connectivity index (χ0) is 23.8. The van der Waals surface area contributed by atoms with E-state index < -0.39 is 5.97 Å². The number of pyridine rings is 1. The number of aromatic nitrogens is 4. The summed E-state index contributed by atoms with van der Waals surface area (Å²) in [7, 11) is 0. The maximum absolute atomic E-state index is 13.2. The van der Waals surface area contributed by atoms with Crippen LogP contribution in [0, 0.1) is 0 Å². The first-order valence-electron chi connectivity index (χ1n) is 9.98. The van der Waals surface area contributed by atoms with Crippen LogP contribution in [0.3, 0.4) is 0 Å². The molecule has 170 valence electrons. The van der Waals surface area contributed by atoms with Crippen LogP contribution in [-0.2, 0) is 12.3 Å². The Bertz CT molecular complexity index is 1680. The van der Waals surface area contributed by atoms with E-state index in [1.165, 1.54) is 45.7 Å². The van der Waals surface area contributed by atoms with E-state index in [2.05, 4.69) is 25.9 Å². The number of aromatic carboxylic acids is 1. The maximum atomic E-state index is 13.2. The van der Waals surface area contributed by atoms with Crippen molar-refractivity contribution in [2.45, 2.75) is 17.5 Å². The molecule has 0 N–H and O–H groups in total. The van der Waals surface area contributed by atoms with Gasteiger partial charge in [-0.25, -0.2) is 9.97 Å². The van der Waals surface area contributed by atoms with Crippen molar-refractivity contribution in [3.05, 3.63) is 102 Å². The first-order valence-corrected chi connectivity index (χ1v) is 12.6. The molecule has 0 aliphatic rings. The molecule has 0 unspecified atom stereocenters. The Labute approximate surface area is 208 Å². The Morgan fingerprint density at radius 3 is 2.65 bits per heavy atom. The number of carbonyl (C=O) groups excluding carboxylic acids is 1. The van der Waals surface area contributed by atoms with Crippen molar-refractivity contribution in [1.82, 2.24) is 18.9 Å². The topological polar surface area (TPSA) is 109 Å². The number of carboxylic acid groups (broad SMARTS) is 1. The average Bonchev–Trinajstić information content (AvgIpc) is 3.29. The standard InChI is InChI=1S/C23H15BrN4O4S2/c24-15-5-6-18-25-16(9-19(29)27(18)11-15)12-34-23-26-17-7-8-33-20(17)21(30)28(23)10-13-1-3-14(4-2-13)22(31)32/h1-9,11H,10,12H2,(H,31,32)/p-1. The van der Waals surface area contributed by atoms with Crippen LogP contribution in [0.5, 0.6) is 0 Å². The van der Waals surface area contributed by atoms with Gasteiger partial charge >= 0.3 is 0 Å². The fraction of sp³-hybridized carbons (Fsp3) is 0.0870. The van der Waals surface area contributed by atoms with Crippen LogP contribution in [0.4, 0.5) is 0 Å². The molecular weight excluding hydrogens is 540 g/mol. The lowest BCUT2D eigenvalue weighted by atomic mass is 10.1. The number of thiophene rings is 1. The molecule has 0 bridgehead atoms.